The number of rotatable bonds is 5. The molecular formula is C22H27N5O. The number of nitrogens with zero attached hydrogens (tertiary/aromatic N) is 4. The Morgan fingerprint density at radius 1 is 1.25 bits per heavy atom. The molecule has 146 valence electrons. The highest BCUT2D eigenvalue weighted by Gasteiger charge is 2.43. The van der Waals surface area contributed by atoms with Gasteiger partial charge in [-0.05, 0) is 62.3 Å². The van der Waals surface area contributed by atoms with Crippen molar-refractivity contribution in [1.82, 2.24) is 19.9 Å². The van der Waals surface area contributed by atoms with Crippen LogP contribution in [0.4, 0.5) is 5.69 Å². The van der Waals surface area contributed by atoms with Gasteiger partial charge >= 0.3 is 0 Å². The zero-order valence-corrected chi connectivity index (χ0v) is 16.1. The molecule has 0 spiro atoms. The number of carbonyl (C=O) groups excluding carboxylic acids is 1. The highest BCUT2D eigenvalue weighted by Crippen LogP contribution is 2.37. The van der Waals surface area contributed by atoms with Crippen molar-refractivity contribution < 1.29 is 4.79 Å². The van der Waals surface area contributed by atoms with Crippen LogP contribution in [0.5, 0.6) is 0 Å². The molecule has 3 fully saturated rings. The van der Waals surface area contributed by atoms with Crippen molar-refractivity contribution in [2.45, 2.75) is 44.7 Å². The zero-order valence-electron chi connectivity index (χ0n) is 16.1. The largest absolute Gasteiger partial charge is 0.326 e. The second kappa shape index (κ2) is 7.51. The Morgan fingerprint density at radius 3 is 2.89 bits per heavy atom. The molecular weight excluding hydrogens is 350 g/mol. The predicted molar refractivity (Wildman–Crippen MR) is 108 cm³/mol. The SMILES string of the molecule is O=C(Nc1ccccc1)[C@H]1CN2CC[C@H]1C[C@@H]2Cn1cc(C2=CCCC2)nn1. The van der Waals surface area contributed by atoms with Crippen molar-refractivity contribution in [2.24, 2.45) is 11.8 Å². The molecule has 6 rings (SSSR count). The van der Waals surface area contributed by atoms with E-state index in [4.69, 9.17) is 0 Å². The summed E-state index contributed by atoms with van der Waals surface area (Å²) in [4.78, 5) is 15.3. The molecule has 2 aromatic rings. The van der Waals surface area contributed by atoms with Crippen LogP contribution >= 0.6 is 0 Å². The third-order valence-electron chi connectivity index (χ3n) is 6.56. The molecule has 1 N–H and O–H groups in total. The van der Waals surface area contributed by atoms with Crippen LogP contribution in [-0.2, 0) is 11.3 Å². The summed E-state index contributed by atoms with van der Waals surface area (Å²) in [6, 6.07) is 10.2. The molecule has 1 aromatic heterocycles. The molecule has 4 heterocycles. The summed E-state index contributed by atoms with van der Waals surface area (Å²) in [5.41, 5.74) is 3.26. The number of amides is 1. The molecule has 4 aliphatic rings. The van der Waals surface area contributed by atoms with Gasteiger partial charge in [-0.15, -0.1) is 5.10 Å². The van der Waals surface area contributed by atoms with Gasteiger partial charge in [0.15, 0.2) is 0 Å². The van der Waals surface area contributed by atoms with Gasteiger partial charge in [0.2, 0.25) is 5.91 Å². The van der Waals surface area contributed by atoms with Gasteiger partial charge in [0.1, 0.15) is 5.69 Å². The maximum atomic E-state index is 12.8. The smallest absolute Gasteiger partial charge is 0.229 e. The molecule has 3 saturated heterocycles. The van der Waals surface area contributed by atoms with Gasteiger partial charge in [-0.25, -0.2) is 0 Å². The van der Waals surface area contributed by atoms with Gasteiger partial charge in [-0.2, -0.15) is 0 Å². The summed E-state index contributed by atoms with van der Waals surface area (Å²) in [6.07, 6.45) is 10.1. The lowest BCUT2D eigenvalue weighted by molar-refractivity contribution is -0.127. The standard InChI is InChI=1S/C22H27N5O/c28-22(23-18-8-2-1-3-9-18)20-14-26-11-10-17(20)12-19(26)13-27-15-21(24-25-27)16-6-4-5-7-16/h1-3,6,8-9,15,17,19-20H,4-5,7,10-14H2,(H,23,28)/t17-,19+,20-/m0/s1. The first-order chi connectivity index (χ1) is 13.8. The molecule has 0 saturated carbocycles. The predicted octanol–water partition coefficient (Wildman–Crippen LogP) is 3.19. The average molecular weight is 377 g/mol. The first kappa shape index (κ1) is 17.6. The Kier molecular flexibility index (Phi) is 4.72. The lowest BCUT2D eigenvalue weighted by atomic mass is 9.75. The number of benzene rings is 1. The molecule has 1 aliphatic carbocycles. The van der Waals surface area contributed by atoms with Crippen molar-refractivity contribution in [2.75, 3.05) is 18.4 Å². The molecule has 1 aromatic carbocycles. The topological polar surface area (TPSA) is 63.1 Å². The van der Waals surface area contributed by atoms with E-state index in [1.54, 1.807) is 0 Å². The number of carbonyl (C=O) groups is 1. The second-order valence-electron chi connectivity index (χ2n) is 8.34. The summed E-state index contributed by atoms with van der Waals surface area (Å²) in [6.45, 7) is 2.79. The van der Waals surface area contributed by atoms with E-state index in [1.807, 2.05) is 35.0 Å². The Morgan fingerprint density at radius 2 is 2.14 bits per heavy atom. The summed E-state index contributed by atoms with van der Waals surface area (Å²) in [5, 5.41) is 11.8. The number of aromatic nitrogens is 3. The number of fused-ring (bicyclic) bond motifs is 3. The minimum absolute atomic E-state index is 0.0835. The highest BCUT2D eigenvalue weighted by atomic mass is 16.2. The average Bonchev–Trinajstić information content (AvgIpc) is 3.41. The number of hydrogen-bond donors (Lipinski definition) is 1. The Balaban J connectivity index is 1.21. The molecule has 6 nitrogen and oxygen atoms in total. The fourth-order valence-corrected chi connectivity index (χ4v) is 5.04. The van der Waals surface area contributed by atoms with Crippen molar-refractivity contribution in [1.29, 1.82) is 0 Å². The first-order valence-electron chi connectivity index (χ1n) is 10.5. The maximum absolute atomic E-state index is 12.8. The third kappa shape index (κ3) is 3.49. The van der Waals surface area contributed by atoms with Gasteiger partial charge in [0.05, 0.1) is 18.7 Å². The van der Waals surface area contributed by atoms with Crippen molar-refractivity contribution >= 4 is 17.2 Å². The monoisotopic (exact) mass is 377 g/mol. The molecule has 2 bridgehead atoms. The van der Waals surface area contributed by atoms with E-state index in [-0.39, 0.29) is 11.8 Å². The van der Waals surface area contributed by atoms with E-state index in [0.717, 1.165) is 56.7 Å². The van der Waals surface area contributed by atoms with Crippen LogP contribution in [0.25, 0.3) is 5.57 Å². The van der Waals surface area contributed by atoms with E-state index in [1.165, 1.54) is 12.0 Å². The van der Waals surface area contributed by atoms with E-state index in [2.05, 4.69) is 32.8 Å². The highest BCUT2D eigenvalue weighted by molar-refractivity contribution is 5.93. The van der Waals surface area contributed by atoms with Crippen molar-refractivity contribution in [3.63, 3.8) is 0 Å². The number of hydrogen-bond acceptors (Lipinski definition) is 4. The fourth-order valence-electron chi connectivity index (χ4n) is 5.04. The Bertz CT molecular complexity index is 874. The summed E-state index contributed by atoms with van der Waals surface area (Å²) in [5.74, 6) is 0.704. The number of piperidine rings is 3. The van der Waals surface area contributed by atoms with Crippen LogP contribution in [0.3, 0.4) is 0 Å². The molecule has 28 heavy (non-hydrogen) atoms. The quantitative estimate of drug-likeness (QED) is 0.869. The molecule has 0 radical (unpaired) electrons. The minimum Gasteiger partial charge on any atom is -0.326 e. The number of nitrogens with one attached hydrogen (secondary N) is 1. The molecule has 6 heteroatoms. The van der Waals surface area contributed by atoms with E-state index >= 15 is 0 Å². The number of allylic oxidation sites excluding steroid dienone is 2. The van der Waals surface area contributed by atoms with Gasteiger partial charge < -0.3 is 5.32 Å². The van der Waals surface area contributed by atoms with Crippen LogP contribution in [0, 0.1) is 11.8 Å². The molecule has 1 unspecified atom stereocenters. The maximum Gasteiger partial charge on any atom is 0.229 e. The van der Waals surface area contributed by atoms with Crippen LogP contribution in [0.15, 0.2) is 42.6 Å². The molecule has 3 aliphatic heterocycles. The zero-order chi connectivity index (χ0) is 18.9. The van der Waals surface area contributed by atoms with Gasteiger partial charge in [-0.1, -0.05) is 29.5 Å². The van der Waals surface area contributed by atoms with E-state index < -0.39 is 0 Å². The van der Waals surface area contributed by atoms with Crippen LogP contribution in [0.1, 0.15) is 37.8 Å². The normalized spacial score (nSPS) is 28.9. The molecule has 1 amide bonds. The van der Waals surface area contributed by atoms with Gasteiger partial charge in [0.25, 0.3) is 0 Å². The Labute approximate surface area is 165 Å². The van der Waals surface area contributed by atoms with Crippen LogP contribution in [-0.4, -0.2) is 44.9 Å². The lowest BCUT2D eigenvalue weighted by Gasteiger charge is -2.49. The number of anilines is 1. The van der Waals surface area contributed by atoms with Crippen LogP contribution in [0.2, 0.25) is 0 Å². The summed E-state index contributed by atoms with van der Waals surface area (Å²) < 4.78 is 2.00. The Hall–Kier alpha value is -2.47. The van der Waals surface area contributed by atoms with Crippen molar-refractivity contribution in [3.05, 3.63) is 48.3 Å². The summed E-state index contributed by atoms with van der Waals surface area (Å²) in [7, 11) is 0. The van der Waals surface area contributed by atoms with Crippen molar-refractivity contribution in [3.8, 4) is 0 Å². The van der Waals surface area contributed by atoms with E-state index in [9.17, 15) is 4.79 Å². The second-order valence-corrected chi connectivity index (χ2v) is 8.34. The number of para-hydroxylation sites is 1. The third-order valence-corrected chi connectivity index (χ3v) is 6.56. The summed E-state index contributed by atoms with van der Waals surface area (Å²) >= 11 is 0. The molecule has 4 atom stereocenters. The van der Waals surface area contributed by atoms with Gasteiger partial charge in [0, 0.05) is 18.3 Å². The lowest BCUT2D eigenvalue weighted by Crippen LogP contribution is -2.57. The minimum atomic E-state index is 0.0835. The van der Waals surface area contributed by atoms with E-state index in [0.29, 0.717) is 12.0 Å². The fraction of sp³-hybridized carbons (Fsp3) is 0.500. The van der Waals surface area contributed by atoms with Gasteiger partial charge in [-0.3, -0.25) is 14.4 Å². The van der Waals surface area contributed by atoms with Crippen LogP contribution < -0.4 is 5.32 Å². The first-order valence-corrected chi connectivity index (χ1v) is 10.5.